The zero-order valence-corrected chi connectivity index (χ0v) is 11.4. The average Bonchev–Trinajstić information content (AvgIpc) is 2.67. The number of rotatable bonds is 6. The standard InChI is InChI=1S/C13H25Br/c1-3-6-11(2)9-13(10-14)12-7-4-5-8-12/h11-13H,3-10H2,1-2H3. The Balaban J connectivity index is 2.29. The second-order valence-corrected chi connectivity index (χ2v) is 5.74. The summed E-state index contributed by atoms with van der Waals surface area (Å²) >= 11 is 3.71. The molecule has 0 aromatic heterocycles. The highest BCUT2D eigenvalue weighted by molar-refractivity contribution is 9.09. The van der Waals surface area contributed by atoms with Gasteiger partial charge in [-0.2, -0.15) is 0 Å². The number of halogens is 1. The lowest BCUT2D eigenvalue weighted by atomic mass is 9.84. The Bertz CT molecular complexity index is 138. The first kappa shape index (κ1) is 12.5. The summed E-state index contributed by atoms with van der Waals surface area (Å²) < 4.78 is 0. The van der Waals surface area contributed by atoms with Crippen LogP contribution in [0, 0.1) is 17.8 Å². The summed E-state index contributed by atoms with van der Waals surface area (Å²) in [6, 6.07) is 0. The van der Waals surface area contributed by atoms with Gasteiger partial charge in [-0.05, 0) is 24.2 Å². The fourth-order valence-corrected chi connectivity index (χ4v) is 3.73. The molecule has 1 aliphatic rings. The Morgan fingerprint density at radius 3 is 2.43 bits per heavy atom. The molecule has 1 fully saturated rings. The zero-order valence-electron chi connectivity index (χ0n) is 9.77. The minimum Gasteiger partial charge on any atom is -0.0925 e. The molecule has 0 aromatic carbocycles. The van der Waals surface area contributed by atoms with Crippen LogP contribution in [0.4, 0.5) is 0 Å². The van der Waals surface area contributed by atoms with Gasteiger partial charge in [0.15, 0.2) is 0 Å². The Morgan fingerprint density at radius 2 is 1.93 bits per heavy atom. The van der Waals surface area contributed by atoms with Gasteiger partial charge >= 0.3 is 0 Å². The van der Waals surface area contributed by atoms with Gasteiger partial charge in [-0.25, -0.2) is 0 Å². The normalized spacial score (nSPS) is 22.5. The van der Waals surface area contributed by atoms with E-state index in [4.69, 9.17) is 0 Å². The van der Waals surface area contributed by atoms with E-state index in [2.05, 4.69) is 29.8 Å². The lowest BCUT2D eigenvalue weighted by Gasteiger charge is -2.24. The Labute approximate surface area is 98.0 Å². The maximum Gasteiger partial charge on any atom is 0.00624 e. The molecule has 0 bridgehead atoms. The second-order valence-electron chi connectivity index (χ2n) is 5.09. The van der Waals surface area contributed by atoms with Crippen molar-refractivity contribution < 1.29 is 0 Å². The predicted molar refractivity (Wildman–Crippen MR) is 67.9 cm³/mol. The molecule has 0 N–H and O–H groups in total. The quantitative estimate of drug-likeness (QED) is 0.589. The van der Waals surface area contributed by atoms with Crippen LogP contribution in [0.3, 0.4) is 0 Å². The van der Waals surface area contributed by atoms with Crippen LogP contribution < -0.4 is 0 Å². The Morgan fingerprint density at radius 1 is 1.29 bits per heavy atom. The molecule has 84 valence electrons. The second kappa shape index (κ2) is 6.87. The van der Waals surface area contributed by atoms with Gasteiger partial charge in [-0.1, -0.05) is 68.3 Å². The average molecular weight is 261 g/mol. The maximum absolute atomic E-state index is 3.71. The lowest BCUT2D eigenvalue weighted by molar-refractivity contribution is 0.297. The molecule has 0 aromatic rings. The van der Waals surface area contributed by atoms with Gasteiger partial charge in [0.05, 0.1) is 0 Å². The summed E-state index contributed by atoms with van der Waals surface area (Å²) in [5, 5.41) is 1.23. The predicted octanol–water partition coefficient (Wildman–Crippen LogP) is 5.01. The summed E-state index contributed by atoms with van der Waals surface area (Å²) in [5.74, 6) is 2.93. The van der Waals surface area contributed by atoms with E-state index in [1.54, 1.807) is 0 Å². The van der Waals surface area contributed by atoms with E-state index in [1.807, 2.05) is 0 Å². The van der Waals surface area contributed by atoms with Crippen molar-refractivity contribution in [2.24, 2.45) is 17.8 Å². The minimum atomic E-state index is 0.933. The molecule has 0 nitrogen and oxygen atoms in total. The summed E-state index contributed by atoms with van der Waals surface area (Å²) in [5.41, 5.74) is 0. The lowest BCUT2D eigenvalue weighted by Crippen LogP contribution is -2.16. The highest BCUT2D eigenvalue weighted by Crippen LogP contribution is 2.36. The van der Waals surface area contributed by atoms with Gasteiger partial charge in [-0.15, -0.1) is 0 Å². The fraction of sp³-hybridized carbons (Fsp3) is 1.00. The van der Waals surface area contributed by atoms with Gasteiger partial charge in [0, 0.05) is 5.33 Å². The van der Waals surface area contributed by atoms with Crippen molar-refractivity contribution >= 4 is 15.9 Å². The molecule has 2 unspecified atom stereocenters. The van der Waals surface area contributed by atoms with E-state index >= 15 is 0 Å². The highest BCUT2D eigenvalue weighted by atomic mass is 79.9. The minimum absolute atomic E-state index is 0.933. The third kappa shape index (κ3) is 3.92. The maximum atomic E-state index is 3.71. The van der Waals surface area contributed by atoms with Crippen LogP contribution in [0.5, 0.6) is 0 Å². The van der Waals surface area contributed by atoms with E-state index in [1.165, 1.54) is 50.3 Å². The molecule has 0 spiro atoms. The largest absolute Gasteiger partial charge is 0.0925 e. The van der Waals surface area contributed by atoms with Crippen LogP contribution in [0.25, 0.3) is 0 Å². The molecule has 0 aliphatic heterocycles. The molecule has 0 radical (unpaired) electrons. The molecule has 0 amide bonds. The SMILES string of the molecule is CCCC(C)CC(CBr)C1CCCC1. The topological polar surface area (TPSA) is 0 Å². The van der Waals surface area contributed by atoms with Crippen molar-refractivity contribution in [1.82, 2.24) is 0 Å². The van der Waals surface area contributed by atoms with Crippen LogP contribution in [0.15, 0.2) is 0 Å². The van der Waals surface area contributed by atoms with Crippen LogP contribution in [0.1, 0.15) is 58.8 Å². The molecular formula is C13H25Br. The van der Waals surface area contributed by atoms with Crippen molar-refractivity contribution in [2.45, 2.75) is 58.8 Å². The summed E-state index contributed by atoms with van der Waals surface area (Å²) in [6.07, 6.45) is 10.2. The molecule has 1 aliphatic carbocycles. The molecule has 14 heavy (non-hydrogen) atoms. The highest BCUT2D eigenvalue weighted by Gasteiger charge is 2.25. The van der Waals surface area contributed by atoms with Gasteiger partial charge in [-0.3, -0.25) is 0 Å². The first-order chi connectivity index (χ1) is 6.77. The van der Waals surface area contributed by atoms with E-state index in [0.29, 0.717) is 0 Å². The molecule has 1 heteroatoms. The van der Waals surface area contributed by atoms with Crippen molar-refractivity contribution in [3.8, 4) is 0 Å². The summed E-state index contributed by atoms with van der Waals surface area (Å²) in [4.78, 5) is 0. The molecular weight excluding hydrogens is 236 g/mol. The molecule has 0 heterocycles. The third-order valence-corrected chi connectivity index (χ3v) is 4.58. The van der Waals surface area contributed by atoms with Crippen LogP contribution in [-0.2, 0) is 0 Å². The van der Waals surface area contributed by atoms with Gasteiger partial charge in [0.2, 0.25) is 0 Å². The van der Waals surface area contributed by atoms with E-state index in [0.717, 1.165) is 17.8 Å². The van der Waals surface area contributed by atoms with Crippen molar-refractivity contribution in [3.63, 3.8) is 0 Å². The first-order valence-electron chi connectivity index (χ1n) is 6.33. The number of alkyl halides is 1. The van der Waals surface area contributed by atoms with E-state index in [9.17, 15) is 0 Å². The monoisotopic (exact) mass is 260 g/mol. The Kier molecular flexibility index (Phi) is 6.16. The van der Waals surface area contributed by atoms with Crippen molar-refractivity contribution in [2.75, 3.05) is 5.33 Å². The van der Waals surface area contributed by atoms with E-state index in [-0.39, 0.29) is 0 Å². The fourth-order valence-electron chi connectivity index (χ4n) is 2.94. The van der Waals surface area contributed by atoms with E-state index < -0.39 is 0 Å². The summed E-state index contributed by atoms with van der Waals surface area (Å²) in [7, 11) is 0. The van der Waals surface area contributed by atoms with Gasteiger partial charge in [0.1, 0.15) is 0 Å². The molecule has 2 atom stereocenters. The van der Waals surface area contributed by atoms with Crippen molar-refractivity contribution in [3.05, 3.63) is 0 Å². The smallest absolute Gasteiger partial charge is 0.00624 e. The van der Waals surface area contributed by atoms with Gasteiger partial charge in [0.25, 0.3) is 0 Å². The molecule has 1 saturated carbocycles. The first-order valence-corrected chi connectivity index (χ1v) is 7.46. The molecule has 1 rings (SSSR count). The zero-order chi connectivity index (χ0) is 10.4. The van der Waals surface area contributed by atoms with Crippen LogP contribution >= 0.6 is 15.9 Å². The number of hydrogen-bond donors (Lipinski definition) is 0. The van der Waals surface area contributed by atoms with Crippen LogP contribution in [0.2, 0.25) is 0 Å². The van der Waals surface area contributed by atoms with Crippen LogP contribution in [-0.4, -0.2) is 5.33 Å². The summed E-state index contributed by atoms with van der Waals surface area (Å²) in [6.45, 7) is 4.73. The third-order valence-electron chi connectivity index (χ3n) is 3.75. The van der Waals surface area contributed by atoms with Crippen molar-refractivity contribution in [1.29, 1.82) is 0 Å². The Hall–Kier alpha value is 0.480. The number of hydrogen-bond acceptors (Lipinski definition) is 0. The molecule has 0 saturated heterocycles. The van der Waals surface area contributed by atoms with Gasteiger partial charge < -0.3 is 0 Å².